The van der Waals surface area contributed by atoms with Crippen molar-refractivity contribution < 1.29 is 19.7 Å². The topological polar surface area (TPSA) is 156 Å². The van der Waals surface area contributed by atoms with E-state index in [4.69, 9.17) is 0 Å². The molecule has 2 aromatic carbocycles. The van der Waals surface area contributed by atoms with Gasteiger partial charge in [0.2, 0.25) is 5.88 Å². The molecule has 12 nitrogen and oxygen atoms in total. The third-order valence-electron chi connectivity index (χ3n) is 4.97. The molecule has 0 radical (unpaired) electrons. The fourth-order valence-electron chi connectivity index (χ4n) is 3.22. The summed E-state index contributed by atoms with van der Waals surface area (Å²) in [4.78, 5) is 35.0. The number of hydrogen-bond acceptors (Lipinski definition) is 8. The summed E-state index contributed by atoms with van der Waals surface area (Å²) in [5.41, 5.74) is -0.848. The number of fused-ring (bicyclic) bond motifs is 1. The van der Waals surface area contributed by atoms with Crippen LogP contribution in [0.2, 0.25) is 0 Å². The molecule has 0 aliphatic heterocycles. The van der Waals surface area contributed by atoms with Crippen molar-refractivity contribution in [3.8, 4) is 5.88 Å². The number of hydrogen-bond donors (Lipinski definition) is 1. The molecule has 166 valence electrons. The molecule has 1 N–H and O–H groups in total. The number of aromatic nitrogens is 1. The van der Waals surface area contributed by atoms with Crippen LogP contribution in [-0.2, 0) is 6.67 Å². The number of azo groups is 1. The molecule has 0 aliphatic carbocycles. The monoisotopic (exact) mass is 440 g/mol. The first-order valence-corrected chi connectivity index (χ1v) is 9.69. The van der Waals surface area contributed by atoms with E-state index in [1.165, 1.54) is 0 Å². The van der Waals surface area contributed by atoms with E-state index in [1.54, 1.807) is 28.8 Å². The summed E-state index contributed by atoms with van der Waals surface area (Å²) in [6.45, 7) is 5.88. The molecule has 1 amide bonds. The first-order chi connectivity index (χ1) is 15.3. The second-order valence-corrected chi connectivity index (χ2v) is 6.82. The molecular weight excluding hydrogens is 420 g/mol. The lowest BCUT2D eigenvalue weighted by Gasteiger charge is -2.19. The molecule has 0 saturated carbocycles. The van der Waals surface area contributed by atoms with Gasteiger partial charge in [-0.25, -0.2) is 0 Å². The van der Waals surface area contributed by atoms with E-state index >= 15 is 0 Å². The zero-order valence-corrected chi connectivity index (χ0v) is 17.3. The number of carbonyl (C=O) groups is 1. The van der Waals surface area contributed by atoms with Gasteiger partial charge in [0, 0.05) is 17.5 Å². The predicted octanol–water partition coefficient (Wildman–Crippen LogP) is 4.39. The predicted molar refractivity (Wildman–Crippen MR) is 115 cm³/mol. The highest BCUT2D eigenvalue weighted by Gasteiger charge is 2.21. The van der Waals surface area contributed by atoms with Gasteiger partial charge in [-0.3, -0.25) is 34.5 Å². The molecule has 0 atom stereocenters. The second-order valence-electron chi connectivity index (χ2n) is 6.82. The first-order valence-electron chi connectivity index (χ1n) is 9.69. The maximum Gasteiger partial charge on any atom is 0.295 e. The van der Waals surface area contributed by atoms with Crippen molar-refractivity contribution in [1.29, 1.82) is 0 Å². The van der Waals surface area contributed by atoms with Crippen molar-refractivity contribution in [1.82, 2.24) is 9.47 Å². The van der Waals surface area contributed by atoms with Crippen LogP contribution in [0.1, 0.15) is 24.2 Å². The van der Waals surface area contributed by atoms with Crippen LogP contribution < -0.4 is 0 Å². The van der Waals surface area contributed by atoms with Crippen molar-refractivity contribution in [3.63, 3.8) is 0 Å². The Balaban J connectivity index is 2.02. The van der Waals surface area contributed by atoms with E-state index in [0.717, 1.165) is 31.3 Å². The van der Waals surface area contributed by atoms with Gasteiger partial charge in [-0.05, 0) is 19.2 Å². The number of nitro groups is 2. The van der Waals surface area contributed by atoms with E-state index in [-0.39, 0.29) is 17.1 Å². The van der Waals surface area contributed by atoms with Crippen molar-refractivity contribution in [2.45, 2.75) is 20.5 Å². The van der Waals surface area contributed by atoms with Crippen LogP contribution in [0.5, 0.6) is 5.88 Å². The molecule has 1 heterocycles. The molecule has 3 aromatic rings. The lowest BCUT2D eigenvalue weighted by molar-refractivity contribution is -0.394. The van der Waals surface area contributed by atoms with Crippen molar-refractivity contribution in [3.05, 3.63) is 68.3 Å². The van der Waals surface area contributed by atoms with Crippen molar-refractivity contribution in [2.24, 2.45) is 10.2 Å². The number of non-ortho nitro benzene ring substituents is 2. The lowest BCUT2D eigenvalue weighted by Crippen LogP contribution is -2.25. The Bertz CT molecular complexity index is 1200. The maximum atomic E-state index is 12.5. The van der Waals surface area contributed by atoms with Gasteiger partial charge < -0.3 is 5.11 Å². The summed E-state index contributed by atoms with van der Waals surface area (Å²) in [5, 5.41) is 40.8. The zero-order valence-electron chi connectivity index (χ0n) is 17.3. The van der Waals surface area contributed by atoms with E-state index in [0.29, 0.717) is 17.6 Å². The largest absolute Gasteiger partial charge is 0.493 e. The SMILES string of the molecule is CCN(CC)Cn1c(O)c(N=NC(=O)c2cc([N+](=O)[O-])cc([N+](=O)[O-])c2)c2ccccc21. The van der Waals surface area contributed by atoms with Gasteiger partial charge in [-0.2, -0.15) is 0 Å². The van der Waals surface area contributed by atoms with Crippen molar-refractivity contribution in [2.75, 3.05) is 13.1 Å². The highest BCUT2D eigenvalue weighted by molar-refractivity contribution is 5.98. The molecule has 0 unspecified atom stereocenters. The van der Waals surface area contributed by atoms with E-state index in [2.05, 4.69) is 15.1 Å². The fourth-order valence-corrected chi connectivity index (χ4v) is 3.22. The number of para-hydroxylation sites is 1. The van der Waals surface area contributed by atoms with Crippen LogP contribution in [-0.4, -0.2) is 43.4 Å². The number of amides is 1. The van der Waals surface area contributed by atoms with Crippen LogP contribution >= 0.6 is 0 Å². The Kier molecular flexibility index (Phi) is 6.54. The molecule has 3 rings (SSSR count). The second kappa shape index (κ2) is 9.31. The molecule has 0 bridgehead atoms. The minimum atomic E-state index is -1.02. The van der Waals surface area contributed by atoms with Crippen molar-refractivity contribution >= 4 is 33.9 Å². The molecular formula is C20H20N6O6. The molecule has 0 saturated heterocycles. The van der Waals surface area contributed by atoms with Gasteiger partial charge in [0.1, 0.15) is 0 Å². The Labute approximate surface area is 181 Å². The number of aromatic hydroxyl groups is 1. The molecule has 12 heteroatoms. The summed E-state index contributed by atoms with van der Waals surface area (Å²) < 4.78 is 1.64. The molecule has 1 aromatic heterocycles. The van der Waals surface area contributed by atoms with Gasteiger partial charge in [0.25, 0.3) is 17.3 Å². The average Bonchev–Trinajstić information content (AvgIpc) is 3.05. The minimum absolute atomic E-state index is 0.0565. The van der Waals surface area contributed by atoms with E-state index < -0.39 is 27.1 Å². The third-order valence-corrected chi connectivity index (χ3v) is 4.97. The standard InChI is InChI=1S/C20H20N6O6/c1-3-23(4-2)12-24-17-8-6-5-7-16(17)18(20(24)28)21-22-19(27)13-9-14(25(29)30)11-15(10-13)26(31)32/h5-11,28H,3-4,12H2,1-2H3. The van der Waals surface area contributed by atoms with Gasteiger partial charge >= 0.3 is 0 Å². The molecule has 0 spiro atoms. The number of carbonyl (C=O) groups excluding carboxylic acids is 1. The lowest BCUT2D eigenvalue weighted by atomic mass is 10.1. The number of nitrogens with zero attached hydrogens (tertiary/aromatic N) is 6. The van der Waals surface area contributed by atoms with Crippen LogP contribution in [0.25, 0.3) is 10.9 Å². The Morgan fingerprint density at radius 1 is 1.06 bits per heavy atom. The first kappa shape index (κ1) is 22.5. The Hall–Kier alpha value is -4.19. The van der Waals surface area contributed by atoms with Gasteiger partial charge in [0.15, 0.2) is 5.69 Å². The minimum Gasteiger partial charge on any atom is -0.493 e. The number of benzene rings is 2. The highest BCUT2D eigenvalue weighted by Crippen LogP contribution is 2.39. The average molecular weight is 440 g/mol. The number of nitro benzene ring substituents is 2. The normalized spacial score (nSPS) is 11.5. The van der Waals surface area contributed by atoms with Crippen LogP contribution in [0, 0.1) is 20.2 Å². The highest BCUT2D eigenvalue weighted by atomic mass is 16.6. The van der Waals surface area contributed by atoms with E-state index in [1.807, 2.05) is 13.8 Å². The van der Waals surface area contributed by atoms with Gasteiger partial charge in [-0.15, -0.1) is 10.2 Å². The summed E-state index contributed by atoms with van der Waals surface area (Å²) in [5.74, 6) is -1.21. The molecule has 0 aliphatic rings. The summed E-state index contributed by atoms with van der Waals surface area (Å²) in [7, 11) is 0. The Morgan fingerprint density at radius 2 is 1.66 bits per heavy atom. The summed E-state index contributed by atoms with van der Waals surface area (Å²) >= 11 is 0. The molecule has 32 heavy (non-hydrogen) atoms. The summed E-state index contributed by atoms with van der Waals surface area (Å²) in [6.07, 6.45) is 0. The smallest absolute Gasteiger partial charge is 0.295 e. The Morgan fingerprint density at radius 3 is 2.22 bits per heavy atom. The maximum absolute atomic E-state index is 12.5. The van der Waals surface area contributed by atoms with Crippen LogP contribution in [0.3, 0.4) is 0 Å². The fraction of sp³-hybridized carbons (Fsp3) is 0.250. The van der Waals surface area contributed by atoms with Gasteiger partial charge in [-0.1, -0.05) is 32.0 Å². The van der Waals surface area contributed by atoms with E-state index in [9.17, 15) is 30.1 Å². The molecule has 0 fully saturated rings. The summed E-state index contributed by atoms with van der Waals surface area (Å²) in [6, 6.07) is 9.58. The zero-order chi connectivity index (χ0) is 23.4. The number of rotatable bonds is 8. The quantitative estimate of drug-likeness (QED) is 0.309. The van der Waals surface area contributed by atoms with Gasteiger partial charge in [0.05, 0.1) is 33.7 Å². The third kappa shape index (κ3) is 4.44. The van der Waals surface area contributed by atoms with Crippen LogP contribution in [0.4, 0.5) is 17.1 Å². The van der Waals surface area contributed by atoms with Crippen LogP contribution in [0.15, 0.2) is 52.7 Å².